The van der Waals surface area contributed by atoms with Crippen molar-refractivity contribution in [2.45, 2.75) is 13.0 Å². The second kappa shape index (κ2) is 7.32. The third-order valence-electron chi connectivity index (χ3n) is 4.03. The molecule has 136 valence electrons. The summed E-state index contributed by atoms with van der Waals surface area (Å²) in [6.07, 6.45) is 5.67. The topological polar surface area (TPSA) is 90.0 Å². The Morgan fingerprint density at radius 3 is 2.81 bits per heavy atom. The Hall–Kier alpha value is -3.62. The van der Waals surface area contributed by atoms with Crippen LogP contribution in [0.4, 0.5) is 4.39 Å². The van der Waals surface area contributed by atoms with Crippen molar-refractivity contribution in [2.24, 2.45) is 0 Å². The van der Waals surface area contributed by atoms with Crippen molar-refractivity contribution in [1.82, 2.24) is 34.7 Å². The molecular weight excluding hydrogens is 349 g/mol. The van der Waals surface area contributed by atoms with Crippen LogP contribution in [0.25, 0.3) is 17.0 Å². The van der Waals surface area contributed by atoms with E-state index in [9.17, 15) is 9.18 Å². The summed E-state index contributed by atoms with van der Waals surface area (Å²) in [5, 5.41) is 11.1. The predicted molar refractivity (Wildman–Crippen MR) is 95.4 cm³/mol. The van der Waals surface area contributed by atoms with Crippen LogP contribution in [-0.4, -0.2) is 41.8 Å². The number of fused-ring (bicyclic) bond motifs is 1. The molecule has 0 spiro atoms. The molecule has 0 radical (unpaired) electrons. The van der Waals surface area contributed by atoms with Crippen LogP contribution in [0.1, 0.15) is 16.9 Å². The van der Waals surface area contributed by atoms with Crippen LogP contribution in [0.2, 0.25) is 0 Å². The van der Waals surface area contributed by atoms with Crippen LogP contribution >= 0.6 is 0 Å². The zero-order valence-corrected chi connectivity index (χ0v) is 14.3. The first-order valence-electron chi connectivity index (χ1n) is 8.43. The first-order chi connectivity index (χ1) is 13.2. The van der Waals surface area contributed by atoms with Crippen molar-refractivity contribution in [1.29, 1.82) is 0 Å². The monoisotopic (exact) mass is 365 g/mol. The molecule has 1 amide bonds. The third kappa shape index (κ3) is 3.66. The number of benzene rings is 1. The van der Waals surface area contributed by atoms with Gasteiger partial charge in [0.25, 0.3) is 11.7 Å². The highest BCUT2D eigenvalue weighted by Gasteiger charge is 2.15. The van der Waals surface area contributed by atoms with E-state index >= 15 is 0 Å². The molecule has 0 aliphatic carbocycles. The number of nitrogens with one attached hydrogen (secondary N) is 1. The molecule has 9 heteroatoms. The molecule has 8 nitrogen and oxygen atoms in total. The average molecular weight is 365 g/mol. The maximum Gasteiger partial charge on any atom is 0.270 e. The van der Waals surface area contributed by atoms with Crippen molar-refractivity contribution in [3.63, 3.8) is 0 Å². The Balaban J connectivity index is 1.53. The number of amides is 1. The van der Waals surface area contributed by atoms with Crippen LogP contribution in [0.5, 0.6) is 0 Å². The lowest BCUT2D eigenvalue weighted by atomic mass is 10.1. The summed E-state index contributed by atoms with van der Waals surface area (Å²) in [6.45, 7) is 1.20. The van der Waals surface area contributed by atoms with Crippen LogP contribution < -0.4 is 5.32 Å². The number of rotatable bonds is 6. The van der Waals surface area contributed by atoms with Crippen molar-refractivity contribution in [3.05, 3.63) is 66.6 Å². The summed E-state index contributed by atoms with van der Waals surface area (Å²) < 4.78 is 16.4. The van der Waals surface area contributed by atoms with Gasteiger partial charge in [-0.05, 0) is 42.8 Å². The summed E-state index contributed by atoms with van der Waals surface area (Å²) in [5.41, 5.74) is 1.53. The molecule has 0 saturated carbocycles. The number of carbonyl (C=O) groups is 1. The average Bonchev–Trinajstić information content (AvgIpc) is 3.36. The first kappa shape index (κ1) is 16.8. The standard InChI is InChI=1S/C18H16FN7O/c19-14-5-3-13(4-6-14)15-11-16(26-18(24-15)21-12-23-26)17(27)20-7-1-9-25-10-2-8-22-25/h2-6,8,10-12H,1,7,9H2,(H,20,27). The van der Waals surface area contributed by atoms with Gasteiger partial charge in [-0.3, -0.25) is 9.48 Å². The summed E-state index contributed by atoms with van der Waals surface area (Å²) in [4.78, 5) is 21.1. The third-order valence-corrected chi connectivity index (χ3v) is 4.03. The zero-order chi connectivity index (χ0) is 18.6. The van der Waals surface area contributed by atoms with Crippen LogP contribution in [-0.2, 0) is 6.54 Å². The normalized spacial score (nSPS) is 11.0. The van der Waals surface area contributed by atoms with Crippen LogP contribution in [0, 0.1) is 5.82 Å². The summed E-state index contributed by atoms with van der Waals surface area (Å²) in [6, 6.07) is 9.39. The Morgan fingerprint density at radius 2 is 2.04 bits per heavy atom. The molecule has 27 heavy (non-hydrogen) atoms. The van der Waals surface area contributed by atoms with Gasteiger partial charge in [0, 0.05) is 31.0 Å². The van der Waals surface area contributed by atoms with E-state index in [-0.39, 0.29) is 11.7 Å². The Morgan fingerprint density at radius 1 is 1.19 bits per heavy atom. The van der Waals surface area contributed by atoms with Crippen LogP contribution in [0.3, 0.4) is 0 Å². The lowest BCUT2D eigenvalue weighted by Gasteiger charge is -2.09. The molecule has 3 aromatic heterocycles. The SMILES string of the molecule is O=C(NCCCn1cccn1)c1cc(-c2ccc(F)cc2)nc2ncnn12. The molecule has 0 aliphatic heterocycles. The number of hydrogen-bond donors (Lipinski definition) is 1. The fourth-order valence-electron chi connectivity index (χ4n) is 2.71. The quantitative estimate of drug-likeness (QED) is 0.528. The smallest absolute Gasteiger partial charge is 0.270 e. The van der Waals surface area contributed by atoms with E-state index in [1.165, 1.54) is 23.0 Å². The van der Waals surface area contributed by atoms with E-state index in [2.05, 4.69) is 25.5 Å². The number of aryl methyl sites for hydroxylation is 1. The second-order valence-electron chi connectivity index (χ2n) is 5.88. The maximum absolute atomic E-state index is 13.2. The lowest BCUT2D eigenvalue weighted by molar-refractivity contribution is 0.0945. The molecule has 0 atom stereocenters. The van der Waals surface area contributed by atoms with Crippen molar-refractivity contribution in [3.8, 4) is 11.3 Å². The molecule has 1 N–H and O–H groups in total. The lowest BCUT2D eigenvalue weighted by Crippen LogP contribution is -2.27. The Kier molecular flexibility index (Phi) is 4.56. The molecule has 0 bridgehead atoms. The van der Waals surface area contributed by atoms with Gasteiger partial charge in [0.1, 0.15) is 17.8 Å². The van der Waals surface area contributed by atoms with Gasteiger partial charge < -0.3 is 5.32 Å². The predicted octanol–water partition coefficient (Wildman–Crippen LogP) is 1.95. The van der Waals surface area contributed by atoms with Gasteiger partial charge in [-0.2, -0.15) is 19.7 Å². The van der Waals surface area contributed by atoms with E-state index in [1.807, 2.05) is 12.3 Å². The van der Waals surface area contributed by atoms with Gasteiger partial charge in [-0.1, -0.05) is 0 Å². The van der Waals surface area contributed by atoms with Crippen LogP contribution in [0.15, 0.2) is 55.1 Å². The minimum Gasteiger partial charge on any atom is -0.351 e. The van der Waals surface area contributed by atoms with Crippen molar-refractivity contribution < 1.29 is 9.18 Å². The van der Waals surface area contributed by atoms with Crippen molar-refractivity contribution in [2.75, 3.05) is 6.54 Å². The van der Waals surface area contributed by atoms with E-state index in [1.54, 1.807) is 29.1 Å². The molecule has 3 heterocycles. The van der Waals surface area contributed by atoms with E-state index in [0.717, 1.165) is 6.42 Å². The van der Waals surface area contributed by atoms with Crippen molar-refractivity contribution >= 4 is 11.7 Å². The van der Waals surface area contributed by atoms with E-state index in [4.69, 9.17) is 0 Å². The fourth-order valence-corrected chi connectivity index (χ4v) is 2.71. The summed E-state index contributed by atoms with van der Waals surface area (Å²) in [5.74, 6) is -0.312. The summed E-state index contributed by atoms with van der Waals surface area (Å²) in [7, 11) is 0. The number of halogens is 1. The zero-order valence-electron chi connectivity index (χ0n) is 14.3. The summed E-state index contributed by atoms with van der Waals surface area (Å²) >= 11 is 0. The number of nitrogens with zero attached hydrogens (tertiary/aromatic N) is 6. The number of carbonyl (C=O) groups excluding carboxylic acids is 1. The molecule has 0 fully saturated rings. The Labute approximate surface area is 153 Å². The van der Waals surface area contributed by atoms with Gasteiger partial charge >= 0.3 is 0 Å². The highest BCUT2D eigenvalue weighted by Crippen LogP contribution is 2.19. The maximum atomic E-state index is 13.2. The van der Waals surface area contributed by atoms with E-state index in [0.29, 0.717) is 35.8 Å². The highest BCUT2D eigenvalue weighted by molar-refractivity contribution is 5.94. The highest BCUT2D eigenvalue weighted by atomic mass is 19.1. The molecule has 1 aromatic carbocycles. The minimum absolute atomic E-state index is 0.281. The molecule has 0 saturated heterocycles. The molecule has 0 aliphatic rings. The van der Waals surface area contributed by atoms with Gasteiger partial charge in [0.2, 0.25) is 0 Å². The second-order valence-corrected chi connectivity index (χ2v) is 5.88. The number of aromatic nitrogens is 6. The molecule has 0 unspecified atom stereocenters. The van der Waals surface area contributed by atoms with Gasteiger partial charge in [-0.25, -0.2) is 9.37 Å². The molecular formula is C18H16FN7O. The molecule has 4 aromatic rings. The largest absolute Gasteiger partial charge is 0.351 e. The van der Waals surface area contributed by atoms with Gasteiger partial charge in [0.05, 0.1) is 5.69 Å². The fraction of sp³-hybridized carbons (Fsp3) is 0.167. The minimum atomic E-state index is -0.336. The van der Waals surface area contributed by atoms with Gasteiger partial charge in [-0.15, -0.1) is 0 Å². The number of hydrogen-bond acceptors (Lipinski definition) is 5. The first-order valence-corrected chi connectivity index (χ1v) is 8.43. The Bertz CT molecular complexity index is 1060. The van der Waals surface area contributed by atoms with E-state index < -0.39 is 0 Å². The molecule has 4 rings (SSSR count). The van der Waals surface area contributed by atoms with Gasteiger partial charge in [0.15, 0.2) is 0 Å².